The molecule has 2 aromatic rings. The molecule has 0 radical (unpaired) electrons. The molecular weight excluding hydrogens is 302 g/mol. The number of nitrogens with one attached hydrogen (secondary N) is 1. The normalized spacial score (nSPS) is 15.4. The summed E-state index contributed by atoms with van der Waals surface area (Å²) in [5.74, 6) is 0.597. The highest BCUT2D eigenvalue weighted by molar-refractivity contribution is 6.03. The number of amides is 1. The van der Waals surface area contributed by atoms with Gasteiger partial charge in [0, 0.05) is 37.9 Å². The maximum atomic E-state index is 12.5. The van der Waals surface area contributed by atoms with Gasteiger partial charge < -0.3 is 15.1 Å². The van der Waals surface area contributed by atoms with Crippen molar-refractivity contribution in [2.24, 2.45) is 0 Å². The van der Waals surface area contributed by atoms with Crippen LogP contribution in [0.3, 0.4) is 0 Å². The molecule has 1 aromatic carbocycles. The van der Waals surface area contributed by atoms with Crippen LogP contribution in [0.15, 0.2) is 30.6 Å². The molecule has 0 unspecified atom stereocenters. The van der Waals surface area contributed by atoms with Crippen molar-refractivity contribution >= 4 is 17.4 Å². The zero-order valence-electron chi connectivity index (χ0n) is 14.4. The Bertz CT molecular complexity index is 738. The minimum absolute atomic E-state index is 0.212. The summed E-state index contributed by atoms with van der Waals surface area (Å²) in [7, 11) is 2.11. The van der Waals surface area contributed by atoms with Gasteiger partial charge in [0.15, 0.2) is 0 Å². The van der Waals surface area contributed by atoms with Crippen molar-refractivity contribution in [3.05, 3.63) is 47.4 Å². The lowest BCUT2D eigenvalue weighted by atomic mass is 10.1. The van der Waals surface area contributed by atoms with Crippen LogP contribution in [0, 0.1) is 13.8 Å². The van der Waals surface area contributed by atoms with E-state index in [0.29, 0.717) is 5.69 Å². The number of hydrogen-bond acceptors (Lipinski definition) is 5. The van der Waals surface area contributed by atoms with Crippen LogP contribution < -0.4 is 10.2 Å². The van der Waals surface area contributed by atoms with Gasteiger partial charge in [0.1, 0.15) is 17.8 Å². The average molecular weight is 325 g/mol. The molecule has 1 amide bonds. The number of aryl methyl sites for hydroxylation is 2. The largest absolute Gasteiger partial charge is 0.354 e. The Kier molecular flexibility index (Phi) is 4.76. The van der Waals surface area contributed by atoms with Crippen LogP contribution in [0.25, 0.3) is 0 Å². The third-order valence-corrected chi connectivity index (χ3v) is 4.48. The van der Waals surface area contributed by atoms with E-state index >= 15 is 0 Å². The molecule has 126 valence electrons. The van der Waals surface area contributed by atoms with E-state index in [-0.39, 0.29) is 5.91 Å². The second-order valence-electron chi connectivity index (χ2n) is 6.30. The number of rotatable bonds is 3. The highest BCUT2D eigenvalue weighted by atomic mass is 16.1. The number of hydrogen-bond donors (Lipinski definition) is 1. The topological polar surface area (TPSA) is 61.4 Å². The molecule has 1 fully saturated rings. The molecule has 0 aliphatic carbocycles. The molecule has 1 aromatic heterocycles. The molecule has 2 heterocycles. The van der Waals surface area contributed by atoms with Gasteiger partial charge in [-0.05, 0) is 44.2 Å². The van der Waals surface area contributed by atoms with E-state index in [4.69, 9.17) is 0 Å². The molecule has 1 aliphatic rings. The van der Waals surface area contributed by atoms with Gasteiger partial charge in [-0.2, -0.15) is 0 Å². The van der Waals surface area contributed by atoms with Crippen LogP contribution in [0.2, 0.25) is 0 Å². The van der Waals surface area contributed by atoms with E-state index in [9.17, 15) is 4.79 Å². The molecule has 0 atom stereocenters. The van der Waals surface area contributed by atoms with E-state index in [0.717, 1.165) is 43.2 Å². The predicted molar refractivity (Wildman–Crippen MR) is 95.6 cm³/mol. The maximum absolute atomic E-state index is 12.5. The van der Waals surface area contributed by atoms with Gasteiger partial charge in [-0.25, -0.2) is 9.97 Å². The highest BCUT2D eigenvalue weighted by Gasteiger charge is 2.17. The predicted octanol–water partition coefficient (Wildman–Crippen LogP) is 2.10. The third-order valence-electron chi connectivity index (χ3n) is 4.48. The summed E-state index contributed by atoms with van der Waals surface area (Å²) in [6.07, 6.45) is 1.46. The monoisotopic (exact) mass is 325 g/mol. The maximum Gasteiger partial charge on any atom is 0.274 e. The Balaban J connectivity index is 1.73. The van der Waals surface area contributed by atoms with Crippen molar-refractivity contribution < 1.29 is 4.79 Å². The summed E-state index contributed by atoms with van der Waals surface area (Å²) in [4.78, 5) is 25.4. The second-order valence-corrected chi connectivity index (χ2v) is 6.30. The standard InChI is InChI=1S/C18H23N5O/c1-13-4-5-15(10-14(13)2)21-18(24)16-11-17(20-12-19-16)23-8-6-22(3)7-9-23/h4-5,10-12H,6-9H2,1-3H3,(H,21,24). The van der Waals surface area contributed by atoms with Crippen molar-refractivity contribution in [1.29, 1.82) is 0 Å². The summed E-state index contributed by atoms with van der Waals surface area (Å²) in [6.45, 7) is 7.88. The first kappa shape index (κ1) is 16.4. The zero-order valence-corrected chi connectivity index (χ0v) is 14.4. The first-order chi connectivity index (χ1) is 11.5. The smallest absolute Gasteiger partial charge is 0.274 e. The molecular formula is C18H23N5O. The Morgan fingerprint density at radius 3 is 2.50 bits per heavy atom. The van der Waals surface area contributed by atoms with Gasteiger partial charge in [-0.3, -0.25) is 4.79 Å². The van der Waals surface area contributed by atoms with Crippen molar-refractivity contribution in [3.63, 3.8) is 0 Å². The second kappa shape index (κ2) is 6.97. The molecule has 0 spiro atoms. The van der Waals surface area contributed by atoms with E-state index < -0.39 is 0 Å². The van der Waals surface area contributed by atoms with Gasteiger partial charge in [0.25, 0.3) is 5.91 Å². The van der Waals surface area contributed by atoms with E-state index in [2.05, 4.69) is 32.1 Å². The minimum Gasteiger partial charge on any atom is -0.354 e. The number of aromatic nitrogens is 2. The zero-order chi connectivity index (χ0) is 17.1. The number of benzene rings is 1. The fraction of sp³-hybridized carbons (Fsp3) is 0.389. The molecule has 3 rings (SSSR count). The van der Waals surface area contributed by atoms with Crippen molar-refractivity contribution in [1.82, 2.24) is 14.9 Å². The fourth-order valence-electron chi connectivity index (χ4n) is 2.69. The van der Waals surface area contributed by atoms with Crippen molar-refractivity contribution in [2.45, 2.75) is 13.8 Å². The number of piperazine rings is 1. The Hall–Kier alpha value is -2.47. The van der Waals surface area contributed by atoms with Crippen LogP contribution in [0.4, 0.5) is 11.5 Å². The summed E-state index contributed by atoms with van der Waals surface area (Å²) in [5.41, 5.74) is 3.51. The lowest BCUT2D eigenvalue weighted by molar-refractivity contribution is 0.102. The third kappa shape index (κ3) is 3.71. The Morgan fingerprint density at radius 1 is 1.04 bits per heavy atom. The van der Waals surface area contributed by atoms with E-state index in [1.807, 2.05) is 32.0 Å². The Labute approximate surface area is 142 Å². The lowest BCUT2D eigenvalue weighted by Crippen LogP contribution is -2.44. The summed E-state index contributed by atoms with van der Waals surface area (Å²) in [6, 6.07) is 7.64. The quantitative estimate of drug-likeness (QED) is 0.936. The number of anilines is 2. The van der Waals surface area contributed by atoms with Gasteiger partial charge in [-0.15, -0.1) is 0 Å². The molecule has 24 heavy (non-hydrogen) atoms. The van der Waals surface area contributed by atoms with Crippen LogP contribution in [-0.4, -0.2) is 54.0 Å². The van der Waals surface area contributed by atoms with Crippen LogP contribution in [-0.2, 0) is 0 Å². The van der Waals surface area contributed by atoms with Crippen molar-refractivity contribution in [2.75, 3.05) is 43.4 Å². The summed E-state index contributed by atoms with van der Waals surface area (Å²) < 4.78 is 0. The van der Waals surface area contributed by atoms with Crippen LogP contribution in [0.5, 0.6) is 0 Å². The first-order valence-electron chi connectivity index (χ1n) is 8.17. The number of carbonyl (C=O) groups excluding carboxylic acids is 1. The van der Waals surface area contributed by atoms with Crippen molar-refractivity contribution in [3.8, 4) is 0 Å². The van der Waals surface area contributed by atoms with E-state index in [1.54, 1.807) is 6.07 Å². The van der Waals surface area contributed by atoms with E-state index in [1.165, 1.54) is 11.9 Å². The summed E-state index contributed by atoms with van der Waals surface area (Å²) in [5, 5.41) is 2.91. The molecule has 6 heteroatoms. The molecule has 0 bridgehead atoms. The van der Waals surface area contributed by atoms with Gasteiger partial charge in [-0.1, -0.05) is 6.07 Å². The van der Waals surface area contributed by atoms with Gasteiger partial charge in [0.2, 0.25) is 0 Å². The number of likely N-dealkylation sites (N-methyl/N-ethyl adjacent to an activating group) is 1. The van der Waals surface area contributed by atoms with Crippen LogP contribution in [0.1, 0.15) is 21.6 Å². The molecule has 1 N–H and O–H groups in total. The molecule has 6 nitrogen and oxygen atoms in total. The molecule has 1 aliphatic heterocycles. The van der Waals surface area contributed by atoms with Gasteiger partial charge >= 0.3 is 0 Å². The number of nitrogens with zero attached hydrogens (tertiary/aromatic N) is 4. The summed E-state index contributed by atoms with van der Waals surface area (Å²) >= 11 is 0. The number of carbonyl (C=O) groups is 1. The molecule has 0 saturated carbocycles. The minimum atomic E-state index is -0.212. The lowest BCUT2D eigenvalue weighted by Gasteiger charge is -2.33. The first-order valence-corrected chi connectivity index (χ1v) is 8.17. The van der Waals surface area contributed by atoms with Crippen LogP contribution >= 0.6 is 0 Å². The SMILES string of the molecule is Cc1ccc(NC(=O)c2cc(N3CCN(C)CC3)ncn2)cc1C. The highest BCUT2D eigenvalue weighted by Crippen LogP contribution is 2.17. The van der Waals surface area contributed by atoms with Gasteiger partial charge in [0.05, 0.1) is 0 Å². The molecule has 1 saturated heterocycles. The average Bonchev–Trinajstić information content (AvgIpc) is 2.59. The Morgan fingerprint density at radius 2 is 1.79 bits per heavy atom. The fourth-order valence-corrected chi connectivity index (χ4v) is 2.69.